The van der Waals surface area contributed by atoms with Crippen LogP contribution in [0.1, 0.15) is 61.7 Å². The van der Waals surface area contributed by atoms with Crippen LogP contribution in [0.4, 0.5) is 0 Å². The molecular formula is C28H30Cl4Zr2. The van der Waals surface area contributed by atoms with Crippen LogP contribution >= 0.6 is 17.0 Å². The summed E-state index contributed by atoms with van der Waals surface area (Å²) in [6, 6.07) is 8.60. The van der Waals surface area contributed by atoms with Crippen molar-refractivity contribution >= 4 is 23.1 Å². The number of hydrogen-bond acceptors (Lipinski definition) is 0. The molecule has 0 amide bonds. The van der Waals surface area contributed by atoms with E-state index in [9.17, 15) is 0 Å². The number of benzene rings is 1. The standard InChI is InChI=1S/C14H18.C9H7.C5H5.4ClH.2Zr/c1-9-5-7-13(11(9)3)14-8-6-10(2)12(14)4;1-2-5-9-7-3-6-8(9)4-1;1-2-4-5-3-1;;;;;;/h5-6H,7-8H2,1-4H3;1-7H;1-3H,4H2;4*1H;;/q;;;;;;;2*+2/p-4. The molecule has 5 rings (SSSR count). The van der Waals surface area contributed by atoms with Gasteiger partial charge in [0.1, 0.15) is 0 Å². The Labute approximate surface area is 248 Å². The molecule has 1 unspecified atom stereocenters. The summed E-state index contributed by atoms with van der Waals surface area (Å²) >= 11 is -0.376. The second kappa shape index (κ2) is 15.5. The molecule has 1 aromatic carbocycles. The van der Waals surface area contributed by atoms with Gasteiger partial charge in [-0.2, -0.15) is 0 Å². The molecule has 0 bridgehead atoms. The van der Waals surface area contributed by atoms with E-state index in [4.69, 9.17) is 17.0 Å². The van der Waals surface area contributed by atoms with Crippen molar-refractivity contribution in [1.29, 1.82) is 0 Å². The van der Waals surface area contributed by atoms with E-state index in [1.165, 1.54) is 36.7 Å². The summed E-state index contributed by atoms with van der Waals surface area (Å²) < 4.78 is 2.00. The third-order valence-corrected chi connectivity index (χ3v) is 12.7. The molecule has 0 nitrogen and oxygen atoms in total. The van der Waals surface area contributed by atoms with Crippen LogP contribution < -0.4 is 24.8 Å². The second-order valence-corrected chi connectivity index (χ2v) is 18.4. The molecule has 0 radical (unpaired) electrons. The fraction of sp³-hybridized carbons (Fsp3) is 0.286. The number of fused-ring (bicyclic) bond motifs is 1. The molecule has 0 spiro atoms. The van der Waals surface area contributed by atoms with E-state index in [1.807, 2.05) is 12.2 Å². The molecule has 34 heavy (non-hydrogen) atoms. The first-order chi connectivity index (χ1) is 15.3. The first-order valence-electron chi connectivity index (χ1n) is 11.1. The van der Waals surface area contributed by atoms with Crippen molar-refractivity contribution in [3.05, 3.63) is 109 Å². The van der Waals surface area contributed by atoms with Crippen LogP contribution in [0.5, 0.6) is 0 Å². The molecular weight excluding hydrogens is 661 g/mol. The Hall–Kier alpha value is 0.326. The van der Waals surface area contributed by atoms with Crippen molar-refractivity contribution in [2.24, 2.45) is 0 Å². The van der Waals surface area contributed by atoms with Gasteiger partial charge in [-0.1, -0.05) is 23.3 Å². The van der Waals surface area contributed by atoms with Crippen LogP contribution in [0.15, 0.2) is 97.4 Å². The van der Waals surface area contributed by atoms with Gasteiger partial charge in [0, 0.05) is 0 Å². The van der Waals surface area contributed by atoms with Crippen LogP contribution in [0, 0.1) is 0 Å². The second-order valence-electron chi connectivity index (χ2n) is 8.44. The van der Waals surface area contributed by atoms with Crippen molar-refractivity contribution in [2.45, 2.75) is 50.6 Å². The first-order valence-corrected chi connectivity index (χ1v) is 20.0. The number of halogens is 4. The molecule has 0 aliphatic heterocycles. The Bertz CT molecular complexity index is 1050. The van der Waals surface area contributed by atoms with E-state index in [-0.39, 0.29) is 24.8 Å². The van der Waals surface area contributed by atoms with Gasteiger partial charge in [-0.05, 0) is 62.8 Å². The molecule has 0 fully saturated rings. The molecule has 1 atom stereocenters. The molecule has 0 aromatic heterocycles. The van der Waals surface area contributed by atoms with Gasteiger partial charge in [0.05, 0.1) is 0 Å². The van der Waals surface area contributed by atoms with Crippen LogP contribution in [-0.2, 0) is 44.1 Å². The Morgan fingerprint density at radius 2 is 1.41 bits per heavy atom. The first kappa shape index (κ1) is 32.4. The fourth-order valence-corrected chi connectivity index (χ4v) is 7.89. The van der Waals surface area contributed by atoms with Gasteiger partial charge >= 0.3 is 140 Å². The molecule has 178 valence electrons. The van der Waals surface area contributed by atoms with Crippen LogP contribution in [0.2, 0.25) is 0 Å². The summed E-state index contributed by atoms with van der Waals surface area (Å²) in [6.07, 6.45) is 18.6. The number of rotatable bonds is 2. The Morgan fingerprint density at radius 1 is 0.853 bits per heavy atom. The average molecular weight is 691 g/mol. The third-order valence-electron chi connectivity index (χ3n) is 6.49. The molecule has 0 saturated heterocycles. The van der Waals surface area contributed by atoms with Crippen molar-refractivity contribution in [2.75, 3.05) is 0 Å². The topological polar surface area (TPSA) is 0 Å². The predicted molar refractivity (Wildman–Crippen MR) is 134 cm³/mol. The number of allylic oxidation sites excluding steroid dienone is 13. The summed E-state index contributed by atoms with van der Waals surface area (Å²) in [4.78, 5) is 0. The summed E-state index contributed by atoms with van der Waals surface area (Å²) in [7, 11) is 11.5. The maximum atomic E-state index is 5.74. The van der Waals surface area contributed by atoms with E-state index in [1.54, 1.807) is 35.9 Å². The van der Waals surface area contributed by atoms with Crippen LogP contribution in [0.3, 0.4) is 0 Å². The van der Waals surface area contributed by atoms with E-state index >= 15 is 0 Å². The zero-order valence-electron chi connectivity index (χ0n) is 20.1. The molecule has 1 aromatic rings. The van der Waals surface area contributed by atoms with Crippen molar-refractivity contribution in [3.63, 3.8) is 0 Å². The van der Waals surface area contributed by atoms with Crippen molar-refractivity contribution in [3.8, 4) is 0 Å². The molecule has 0 saturated carbocycles. The van der Waals surface area contributed by atoms with Gasteiger partial charge in [-0.15, -0.1) is 0 Å². The molecule has 0 N–H and O–H groups in total. The van der Waals surface area contributed by atoms with Crippen molar-refractivity contribution in [1.82, 2.24) is 0 Å². The minimum absolute atomic E-state index is 0. The SMILES string of the molecule is CC1=CCC(C2=C(C)C(C)=CC2)=C1C.[Cl-].[Cl-].[Cl][Zr]([Cl])[C]1=CC=CC1.[Zr+2][CH]1C=Cc2ccccc21. The fourth-order valence-electron chi connectivity index (χ4n) is 4.13. The average Bonchev–Trinajstić information content (AvgIpc) is 3.57. The zero-order valence-corrected chi connectivity index (χ0v) is 28.0. The molecule has 6 heteroatoms. The maximum absolute atomic E-state index is 5.74. The number of hydrogen-bond donors (Lipinski definition) is 0. The zero-order chi connectivity index (χ0) is 23.3. The third kappa shape index (κ3) is 8.43. The van der Waals surface area contributed by atoms with Gasteiger partial charge in [0.2, 0.25) is 0 Å². The van der Waals surface area contributed by atoms with Gasteiger partial charge < -0.3 is 24.8 Å². The Morgan fingerprint density at radius 3 is 1.79 bits per heavy atom. The van der Waals surface area contributed by atoms with Gasteiger partial charge in [-0.25, -0.2) is 0 Å². The minimum atomic E-state index is -1.96. The normalized spacial score (nSPS) is 19.2. The van der Waals surface area contributed by atoms with E-state index < -0.39 is 19.4 Å². The van der Waals surface area contributed by atoms with Gasteiger partial charge in [0.25, 0.3) is 0 Å². The quantitative estimate of drug-likeness (QED) is 0.447. The van der Waals surface area contributed by atoms with Crippen LogP contribution in [-0.4, -0.2) is 0 Å². The molecule has 4 aliphatic carbocycles. The molecule has 0 heterocycles. The van der Waals surface area contributed by atoms with E-state index in [0.717, 1.165) is 19.3 Å². The van der Waals surface area contributed by atoms with Crippen molar-refractivity contribution < 1.29 is 68.9 Å². The molecule has 4 aliphatic rings. The Balaban J connectivity index is 0.000000258. The summed E-state index contributed by atoms with van der Waals surface area (Å²) in [5, 5.41) is 0. The van der Waals surface area contributed by atoms with Gasteiger partial charge in [0.15, 0.2) is 0 Å². The summed E-state index contributed by atoms with van der Waals surface area (Å²) in [5.74, 6) is 0. The van der Waals surface area contributed by atoms with E-state index in [0.29, 0.717) is 3.63 Å². The van der Waals surface area contributed by atoms with Gasteiger partial charge in [-0.3, -0.25) is 0 Å². The monoisotopic (exact) mass is 686 g/mol. The van der Waals surface area contributed by atoms with E-state index in [2.05, 4.69) is 82.3 Å². The summed E-state index contributed by atoms with van der Waals surface area (Å²) in [6.45, 7) is 8.94. The summed E-state index contributed by atoms with van der Waals surface area (Å²) in [5.41, 5.74) is 12.0. The Kier molecular flexibility index (Phi) is 14.8. The predicted octanol–water partition coefficient (Wildman–Crippen LogP) is 3.38. The van der Waals surface area contributed by atoms with Crippen LogP contribution in [0.25, 0.3) is 6.08 Å².